The van der Waals surface area contributed by atoms with Crippen LogP contribution in [0, 0.1) is 0 Å². The first-order chi connectivity index (χ1) is 13.2. The first-order valence-corrected chi connectivity index (χ1v) is 11.0. The Balaban J connectivity index is 1.80. The minimum atomic E-state index is -3.93. The van der Waals surface area contributed by atoms with E-state index in [2.05, 4.69) is 5.32 Å². The molecule has 2 aliphatic rings. The molecule has 2 aliphatic heterocycles. The van der Waals surface area contributed by atoms with Crippen LogP contribution >= 0.6 is 7.66 Å². The molecule has 2 aromatic carbocycles. The van der Waals surface area contributed by atoms with Gasteiger partial charge in [-0.15, -0.1) is 0 Å². The van der Waals surface area contributed by atoms with E-state index >= 15 is 0 Å². The Kier molecular flexibility index (Phi) is 4.93. The van der Waals surface area contributed by atoms with E-state index in [1.165, 1.54) is 0 Å². The van der Waals surface area contributed by atoms with Crippen molar-refractivity contribution in [2.24, 2.45) is 0 Å². The molecule has 0 saturated carbocycles. The second-order valence-corrected chi connectivity index (χ2v) is 9.61. The average Bonchev–Trinajstić information content (AvgIpc) is 3.23. The molecule has 0 aromatic heterocycles. The number of hydrogen-bond donors (Lipinski definition) is 1. The van der Waals surface area contributed by atoms with E-state index in [1.54, 1.807) is 0 Å². The van der Waals surface area contributed by atoms with Crippen molar-refractivity contribution >= 4 is 19.2 Å². The molecule has 0 unspecified atom stereocenters. The molecule has 0 atom stereocenters. The van der Waals surface area contributed by atoms with Crippen molar-refractivity contribution in [2.45, 2.75) is 0 Å². The third-order valence-electron chi connectivity index (χ3n) is 4.70. The van der Waals surface area contributed by atoms with Crippen molar-refractivity contribution in [3.8, 4) is 0 Å². The molecule has 6 nitrogen and oxygen atoms in total. The first kappa shape index (κ1) is 18.4. The minimum absolute atomic E-state index is 0.419. The van der Waals surface area contributed by atoms with E-state index in [9.17, 15) is 0 Å². The van der Waals surface area contributed by atoms with Gasteiger partial charge in [0, 0.05) is 0 Å². The molecular weight excluding hydrogens is 363 g/mol. The molecule has 0 radical (unpaired) electrons. The van der Waals surface area contributed by atoms with Crippen molar-refractivity contribution in [1.82, 2.24) is 9.99 Å². The number of hydrogen-bond acceptors (Lipinski definition) is 6. The van der Waals surface area contributed by atoms with Crippen LogP contribution in [0.1, 0.15) is 11.1 Å². The van der Waals surface area contributed by atoms with Gasteiger partial charge in [0.15, 0.2) is 0 Å². The summed E-state index contributed by atoms with van der Waals surface area (Å²) in [5, 5.41) is 3.09. The maximum absolute atomic E-state index is 6.55. The zero-order valence-corrected chi connectivity index (χ0v) is 16.5. The zero-order chi connectivity index (χ0) is 18.8. The fraction of sp³-hybridized carbons (Fsp3) is 0.300. The molecule has 0 bridgehead atoms. The Bertz CT molecular complexity index is 777. The van der Waals surface area contributed by atoms with Gasteiger partial charge < -0.3 is 0 Å². The van der Waals surface area contributed by atoms with Crippen molar-refractivity contribution in [3.05, 3.63) is 71.8 Å². The summed E-state index contributed by atoms with van der Waals surface area (Å²) in [6.45, 7) is 2.27. The summed E-state index contributed by atoms with van der Waals surface area (Å²) < 4.78 is 27.5. The van der Waals surface area contributed by atoms with Crippen molar-refractivity contribution in [1.29, 1.82) is 0 Å². The molecule has 0 amide bonds. The Labute approximate surface area is 160 Å². The van der Waals surface area contributed by atoms with Gasteiger partial charge in [0.05, 0.1) is 0 Å². The molecule has 144 valence electrons. The van der Waals surface area contributed by atoms with E-state index in [4.69, 9.17) is 18.1 Å². The monoisotopic (exact) mass is 388 g/mol. The molecule has 1 saturated heterocycles. The van der Waals surface area contributed by atoms with E-state index in [0.717, 1.165) is 11.1 Å². The zero-order valence-electron chi connectivity index (χ0n) is 15.6. The summed E-state index contributed by atoms with van der Waals surface area (Å²) >= 11 is 0. The summed E-state index contributed by atoms with van der Waals surface area (Å²) in [4.78, 5) is 0. The molecule has 2 aromatic rings. The molecule has 27 heavy (non-hydrogen) atoms. The van der Waals surface area contributed by atoms with Crippen LogP contribution in [0.15, 0.2) is 60.7 Å². The van der Waals surface area contributed by atoms with Gasteiger partial charge in [0.25, 0.3) is 0 Å². The van der Waals surface area contributed by atoms with Crippen molar-refractivity contribution in [2.75, 3.05) is 40.4 Å². The van der Waals surface area contributed by atoms with Crippen LogP contribution in [0.3, 0.4) is 0 Å². The van der Waals surface area contributed by atoms with Crippen molar-refractivity contribution in [3.63, 3.8) is 0 Å². The maximum atomic E-state index is 6.55. The van der Waals surface area contributed by atoms with Crippen molar-refractivity contribution < 1.29 is 18.1 Å². The average molecular weight is 388 g/mol. The van der Waals surface area contributed by atoms with Gasteiger partial charge in [-0.05, 0) is 0 Å². The van der Waals surface area contributed by atoms with E-state index in [1.807, 2.05) is 79.4 Å². The predicted molar refractivity (Wildman–Crippen MR) is 107 cm³/mol. The van der Waals surface area contributed by atoms with Crippen LogP contribution in [-0.4, -0.2) is 45.1 Å². The van der Waals surface area contributed by atoms with Gasteiger partial charge in [0.2, 0.25) is 0 Å². The Hall–Kier alpha value is -1.95. The third kappa shape index (κ3) is 3.14. The van der Waals surface area contributed by atoms with Crippen LogP contribution in [0.5, 0.6) is 0 Å². The standard InChI is InChI=1S/C20H25N2O4P/c1-21-13-15-23-27(22(2)14-16-24-27)25-19(17-9-5-3-6-10-17)20(26-27)18-11-7-4-8-12-18/h3-12,21H,13-16H2,1-2H3. The summed E-state index contributed by atoms with van der Waals surface area (Å²) in [6, 6.07) is 19.9. The molecule has 0 aliphatic carbocycles. The number of nitrogens with zero attached hydrogens (tertiary/aromatic N) is 1. The van der Waals surface area contributed by atoms with E-state index < -0.39 is 7.66 Å². The van der Waals surface area contributed by atoms with Crippen LogP contribution in [-0.2, 0) is 18.1 Å². The van der Waals surface area contributed by atoms with Crippen LogP contribution in [0.2, 0.25) is 0 Å². The third-order valence-corrected chi connectivity index (χ3v) is 8.22. The summed E-state index contributed by atoms with van der Waals surface area (Å²) in [5.74, 6) is 1.30. The van der Waals surface area contributed by atoms with E-state index in [0.29, 0.717) is 37.8 Å². The Morgan fingerprint density at radius 1 is 0.963 bits per heavy atom. The SMILES string of the molecule is CNCCOP12(OCCN1C)OC(c1ccccc1)=C(c1ccccc1)O2. The van der Waals surface area contributed by atoms with Crippen LogP contribution in [0.25, 0.3) is 11.5 Å². The molecule has 4 rings (SSSR count). The second-order valence-electron chi connectivity index (χ2n) is 6.50. The Morgan fingerprint density at radius 2 is 1.52 bits per heavy atom. The van der Waals surface area contributed by atoms with Gasteiger partial charge in [0.1, 0.15) is 0 Å². The van der Waals surface area contributed by atoms with Crippen LogP contribution in [0.4, 0.5) is 0 Å². The quantitative estimate of drug-likeness (QED) is 0.599. The summed E-state index contributed by atoms with van der Waals surface area (Å²) in [5.41, 5.74) is 1.86. The fourth-order valence-electron chi connectivity index (χ4n) is 3.22. The molecule has 2 heterocycles. The van der Waals surface area contributed by atoms with Crippen LogP contribution < -0.4 is 5.32 Å². The summed E-state index contributed by atoms with van der Waals surface area (Å²) in [7, 11) is -0.116. The normalized spacial score (nSPS) is 22.2. The summed E-state index contributed by atoms with van der Waals surface area (Å²) in [6.07, 6.45) is 0. The molecule has 7 heteroatoms. The van der Waals surface area contributed by atoms with Gasteiger partial charge in [-0.25, -0.2) is 0 Å². The second kappa shape index (κ2) is 7.23. The predicted octanol–water partition coefficient (Wildman–Crippen LogP) is 3.89. The van der Waals surface area contributed by atoms with E-state index in [-0.39, 0.29) is 0 Å². The molecule has 1 spiro atoms. The number of nitrogens with one attached hydrogen (secondary N) is 1. The molecule has 1 fully saturated rings. The molecular formula is C20H25N2O4P. The molecule has 1 N–H and O–H groups in total. The van der Waals surface area contributed by atoms with Gasteiger partial charge in [-0.2, -0.15) is 0 Å². The number of benzene rings is 2. The first-order valence-electron chi connectivity index (χ1n) is 9.10. The fourth-order valence-corrected chi connectivity index (χ4v) is 6.40. The van der Waals surface area contributed by atoms with Gasteiger partial charge in [-0.1, -0.05) is 0 Å². The van der Waals surface area contributed by atoms with Gasteiger partial charge >= 0.3 is 159 Å². The Morgan fingerprint density at radius 3 is 1.96 bits per heavy atom. The topological polar surface area (TPSA) is 52.2 Å². The number of rotatable bonds is 6. The number of likely N-dealkylation sites (N-methyl/N-ethyl adjacent to an activating group) is 2. The van der Waals surface area contributed by atoms with Gasteiger partial charge in [-0.3, -0.25) is 0 Å².